The molecule has 1 aromatic rings. The molecule has 1 aliphatic rings. The van der Waals surface area contributed by atoms with Crippen LogP contribution in [0.25, 0.3) is 0 Å². The monoisotopic (exact) mass is 266 g/mol. The number of hydrogen-bond acceptors (Lipinski definition) is 2. The lowest BCUT2D eigenvalue weighted by atomic mass is 9.88. The lowest BCUT2D eigenvalue weighted by Gasteiger charge is -2.41. The minimum absolute atomic E-state index is 0.169. The molecule has 0 spiro atoms. The summed E-state index contributed by atoms with van der Waals surface area (Å²) in [4.78, 5) is 2.43. The van der Waals surface area contributed by atoms with Crippen molar-refractivity contribution >= 4 is 11.6 Å². The van der Waals surface area contributed by atoms with Crippen molar-refractivity contribution in [3.63, 3.8) is 0 Å². The summed E-state index contributed by atoms with van der Waals surface area (Å²) < 4.78 is 0. The number of halogens is 1. The van der Waals surface area contributed by atoms with Crippen molar-refractivity contribution in [3.8, 4) is 0 Å². The van der Waals surface area contributed by atoms with E-state index in [0.717, 1.165) is 30.5 Å². The van der Waals surface area contributed by atoms with E-state index in [2.05, 4.69) is 24.9 Å². The van der Waals surface area contributed by atoms with Crippen molar-refractivity contribution in [2.24, 2.45) is 11.7 Å². The van der Waals surface area contributed by atoms with Gasteiger partial charge in [-0.1, -0.05) is 30.7 Å². The Morgan fingerprint density at radius 1 is 1.44 bits per heavy atom. The van der Waals surface area contributed by atoms with Crippen LogP contribution in [-0.4, -0.2) is 24.0 Å². The van der Waals surface area contributed by atoms with E-state index in [9.17, 15) is 0 Å². The third-order valence-corrected chi connectivity index (χ3v) is 4.61. The SMILES string of the molecule is CCC(CN)(C1CC1)N(C)Cc1cccc(Cl)c1. The van der Waals surface area contributed by atoms with E-state index in [1.54, 1.807) is 0 Å². The Labute approximate surface area is 115 Å². The molecular formula is C15H23ClN2. The van der Waals surface area contributed by atoms with Crippen LogP contribution in [0.1, 0.15) is 31.7 Å². The highest BCUT2D eigenvalue weighted by Crippen LogP contribution is 2.44. The molecule has 1 saturated carbocycles. The Morgan fingerprint density at radius 2 is 2.17 bits per heavy atom. The average Bonchev–Trinajstić information content (AvgIpc) is 3.16. The van der Waals surface area contributed by atoms with Crippen LogP contribution in [0.2, 0.25) is 5.02 Å². The van der Waals surface area contributed by atoms with Crippen molar-refractivity contribution in [2.75, 3.05) is 13.6 Å². The zero-order chi connectivity index (χ0) is 13.2. The first-order valence-corrected chi connectivity index (χ1v) is 7.16. The van der Waals surface area contributed by atoms with E-state index in [1.165, 1.54) is 18.4 Å². The van der Waals surface area contributed by atoms with E-state index in [0.29, 0.717) is 0 Å². The highest BCUT2D eigenvalue weighted by molar-refractivity contribution is 6.30. The first-order valence-electron chi connectivity index (χ1n) is 6.78. The quantitative estimate of drug-likeness (QED) is 0.856. The van der Waals surface area contributed by atoms with Gasteiger partial charge in [-0.2, -0.15) is 0 Å². The molecule has 18 heavy (non-hydrogen) atoms. The molecule has 1 fully saturated rings. The predicted molar refractivity (Wildman–Crippen MR) is 77.7 cm³/mol. The fourth-order valence-corrected chi connectivity index (χ4v) is 3.24. The van der Waals surface area contributed by atoms with Gasteiger partial charge in [0.15, 0.2) is 0 Å². The Balaban J connectivity index is 2.12. The summed E-state index contributed by atoms with van der Waals surface area (Å²) in [6, 6.07) is 8.11. The summed E-state index contributed by atoms with van der Waals surface area (Å²) in [5.74, 6) is 0.775. The van der Waals surface area contributed by atoms with Gasteiger partial charge in [-0.15, -0.1) is 0 Å². The molecule has 2 N–H and O–H groups in total. The fraction of sp³-hybridized carbons (Fsp3) is 0.600. The second-order valence-electron chi connectivity index (χ2n) is 5.42. The highest BCUT2D eigenvalue weighted by atomic mass is 35.5. The lowest BCUT2D eigenvalue weighted by Crippen LogP contribution is -2.53. The van der Waals surface area contributed by atoms with E-state index in [4.69, 9.17) is 17.3 Å². The molecule has 1 aromatic carbocycles. The molecule has 1 atom stereocenters. The maximum absolute atomic E-state index is 6.08. The molecule has 0 amide bonds. The molecule has 3 heteroatoms. The Bertz CT molecular complexity index is 397. The van der Waals surface area contributed by atoms with Crippen molar-refractivity contribution in [2.45, 2.75) is 38.3 Å². The summed E-state index contributed by atoms with van der Waals surface area (Å²) in [5.41, 5.74) is 7.51. The summed E-state index contributed by atoms with van der Waals surface area (Å²) >= 11 is 6.04. The van der Waals surface area contributed by atoms with Crippen LogP contribution in [-0.2, 0) is 6.54 Å². The Hall–Kier alpha value is -0.570. The molecule has 0 radical (unpaired) electrons. The molecule has 2 rings (SSSR count). The van der Waals surface area contributed by atoms with Crippen LogP contribution in [0, 0.1) is 5.92 Å². The van der Waals surface area contributed by atoms with Crippen LogP contribution < -0.4 is 5.73 Å². The van der Waals surface area contributed by atoms with Gasteiger partial charge < -0.3 is 5.73 Å². The number of likely N-dealkylation sites (N-methyl/N-ethyl adjacent to an activating group) is 1. The Morgan fingerprint density at radius 3 is 2.67 bits per heavy atom. The molecule has 1 aliphatic carbocycles. The second-order valence-corrected chi connectivity index (χ2v) is 5.86. The van der Waals surface area contributed by atoms with E-state index < -0.39 is 0 Å². The molecule has 0 saturated heterocycles. The maximum Gasteiger partial charge on any atom is 0.0409 e. The number of benzene rings is 1. The van der Waals surface area contributed by atoms with Crippen LogP contribution >= 0.6 is 11.6 Å². The van der Waals surface area contributed by atoms with Crippen molar-refractivity contribution in [1.82, 2.24) is 4.90 Å². The minimum atomic E-state index is 0.169. The van der Waals surface area contributed by atoms with Gasteiger partial charge in [-0.3, -0.25) is 4.90 Å². The summed E-state index contributed by atoms with van der Waals surface area (Å²) in [5, 5.41) is 0.808. The number of nitrogens with zero attached hydrogens (tertiary/aromatic N) is 1. The molecule has 0 aromatic heterocycles. The minimum Gasteiger partial charge on any atom is -0.329 e. The van der Waals surface area contributed by atoms with E-state index in [1.807, 2.05) is 18.2 Å². The van der Waals surface area contributed by atoms with Gasteiger partial charge in [-0.05, 0) is 49.9 Å². The number of hydrogen-bond donors (Lipinski definition) is 1. The maximum atomic E-state index is 6.08. The zero-order valence-corrected chi connectivity index (χ0v) is 12.1. The normalized spacial score (nSPS) is 18.9. The van der Waals surface area contributed by atoms with Gasteiger partial charge in [-0.25, -0.2) is 0 Å². The van der Waals surface area contributed by atoms with Crippen LogP contribution in [0.3, 0.4) is 0 Å². The van der Waals surface area contributed by atoms with Crippen LogP contribution in [0.5, 0.6) is 0 Å². The fourth-order valence-electron chi connectivity index (χ4n) is 3.02. The highest BCUT2D eigenvalue weighted by Gasteiger charge is 2.45. The molecule has 0 bridgehead atoms. The van der Waals surface area contributed by atoms with Gasteiger partial charge in [0.25, 0.3) is 0 Å². The van der Waals surface area contributed by atoms with E-state index >= 15 is 0 Å². The summed E-state index contributed by atoms with van der Waals surface area (Å²) in [7, 11) is 2.19. The zero-order valence-electron chi connectivity index (χ0n) is 11.3. The van der Waals surface area contributed by atoms with Crippen molar-refractivity contribution in [1.29, 1.82) is 0 Å². The lowest BCUT2D eigenvalue weighted by molar-refractivity contribution is 0.0891. The molecule has 100 valence electrons. The van der Waals surface area contributed by atoms with Gasteiger partial charge in [0.05, 0.1) is 0 Å². The van der Waals surface area contributed by atoms with Crippen molar-refractivity contribution in [3.05, 3.63) is 34.9 Å². The molecule has 0 aliphatic heterocycles. The third kappa shape index (κ3) is 2.71. The molecular weight excluding hydrogens is 244 g/mol. The van der Waals surface area contributed by atoms with Gasteiger partial charge in [0.2, 0.25) is 0 Å². The smallest absolute Gasteiger partial charge is 0.0409 e. The summed E-state index contributed by atoms with van der Waals surface area (Å²) in [6.45, 7) is 3.91. The van der Waals surface area contributed by atoms with Gasteiger partial charge in [0, 0.05) is 23.7 Å². The van der Waals surface area contributed by atoms with Gasteiger partial charge in [0.1, 0.15) is 0 Å². The summed E-state index contributed by atoms with van der Waals surface area (Å²) in [6.07, 6.45) is 3.76. The topological polar surface area (TPSA) is 29.3 Å². The first kappa shape index (κ1) is 13.9. The van der Waals surface area contributed by atoms with Crippen LogP contribution in [0.4, 0.5) is 0 Å². The van der Waals surface area contributed by atoms with Crippen molar-refractivity contribution < 1.29 is 0 Å². The Kier molecular flexibility index (Phi) is 4.31. The predicted octanol–water partition coefficient (Wildman–Crippen LogP) is 3.29. The van der Waals surface area contributed by atoms with E-state index in [-0.39, 0.29) is 5.54 Å². The molecule has 0 heterocycles. The molecule has 2 nitrogen and oxygen atoms in total. The van der Waals surface area contributed by atoms with Crippen LogP contribution in [0.15, 0.2) is 24.3 Å². The number of nitrogens with two attached hydrogens (primary N) is 1. The standard InChI is InChI=1S/C15H23ClN2/c1-3-15(11-17,13-7-8-13)18(2)10-12-5-4-6-14(16)9-12/h4-6,9,13H,3,7-8,10-11,17H2,1-2H3. The third-order valence-electron chi connectivity index (χ3n) is 4.37. The second kappa shape index (κ2) is 5.60. The average molecular weight is 267 g/mol. The largest absolute Gasteiger partial charge is 0.329 e. The van der Waals surface area contributed by atoms with Gasteiger partial charge >= 0.3 is 0 Å². The molecule has 1 unspecified atom stereocenters. The number of rotatable bonds is 6. The first-order chi connectivity index (χ1) is 8.62.